The minimum absolute atomic E-state index is 0.0325. The number of piperidine rings is 1. The van der Waals surface area contributed by atoms with Crippen LogP contribution in [0.4, 0.5) is 11.5 Å². The third kappa shape index (κ3) is 4.16. The SMILES string of the molecule is COc1ccc(-c2cc(N3CCC(C(=O)Nc4ccc5c(c4)OCO5)CC3)ncn2)cc1. The number of carbonyl (C=O) groups is 1. The molecule has 0 spiro atoms. The third-order valence-corrected chi connectivity index (χ3v) is 5.87. The van der Waals surface area contributed by atoms with Crippen molar-refractivity contribution >= 4 is 17.4 Å². The van der Waals surface area contributed by atoms with Gasteiger partial charge in [0.1, 0.15) is 17.9 Å². The monoisotopic (exact) mass is 432 g/mol. The highest BCUT2D eigenvalue weighted by atomic mass is 16.7. The number of amides is 1. The summed E-state index contributed by atoms with van der Waals surface area (Å²) in [6.45, 7) is 1.74. The molecule has 5 rings (SSSR count). The van der Waals surface area contributed by atoms with Crippen molar-refractivity contribution in [1.29, 1.82) is 0 Å². The summed E-state index contributed by atoms with van der Waals surface area (Å²) >= 11 is 0. The Balaban J connectivity index is 1.20. The topological polar surface area (TPSA) is 85.8 Å². The molecule has 3 aromatic rings. The molecule has 0 atom stereocenters. The quantitative estimate of drug-likeness (QED) is 0.657. The first kappa shape index (κ1) is 20.1. The number of carbonyl (C=O) groups excluding carboxylic acids is 1. The fraction of sp³-hybridized carbons (Fsp3) is 0.292. The van der Waals surface area contributed by atoms with E-state index in [1.165, 1.54) is 0 Å². The number of ether oxygens (including phenoxy) is 3. The van der Waals surface area contributed by atoms with Crippen LogP contribution in [-0.4, -0.2) is 42.9 Å². The number of methoxy groups -OCH3 is 1. The summed E-state index contributed by atoms with van der Waals surface area (Å²) in [5, 5.41) is 3.01. The molecule has 0 bridgehead atoms. The number of aromatic nitrogens is 2. The maximum Gasteiger partial charge on any atom is 0.231 e. The molecule has 0 unspecified atom stereocenters. The van der Waals surface area contributed by atoms with Gasteiger partial charge in [-0.15, -0.1) is 0 Å². The fourth-order valence-electron chi connectivity index (χ4n) is 4.03. The van der Waals surface area contributed by atoms with Crippen LogP contribution in [0.15, 0.2) is 54.9 Å². The standard InChI is InChI=1S/C24H24N4O4/c1-30-19-5-2-16(3-6-19)20-13-23(26-14-25-20)28-10-8-17(9-11-28)24(29)27-18-4-7-21-22(12-18)32-15-31-21/h2-7,12-14,17H,8-11,15H2,1H3,(H,27,29). The highest BCUT2D eigenvalue weighted by molar-refractivity contribution is 5.93. The van der Waals surface area contributed by atoms with Crippen molar-refractivity contribution in [2.75, 3.05) is 37.2 Å². The van der Waals surface area contributed by atoms with Crippen LogP contribution in [0, 0.1) is 5.92 Å². The molecule has 1 fully saturated rings. The molecule has 2 aliphatic heterocycles. The Bertz CT molecular complexity index is 1110. The Labute approximate surface area is 186 Å². The normalized spacial score (nSPS) is 15.5. The van der Waals surface area contributed by atoms with E-state index in [0.29, 0.717) is 11.5 Å². The Morgan fingerprint density at radius 3 is 2.59 bits per heavy atom. The van der Waals surface area contributed by atoms with Crippen LogP contribution in [0.1, 0.15) is 12.8 Å². The highest BCUT2D eigenvalue weighted by Crippen LogP contribution is 2.34. The van der Waals surface area contributed by atoms with Crippen LogP contribution in [0.3, 0.4) is 0 Å². The van der Waals surface area contributed by atoms with Crippen LogP contribution >= 0.6 is 0 Å². The van der Waals surface area contributed by atoms with Crippen LogP contribution in [0.5, 0.6) is 17.2 Å². The van der Waals surface area contributed by atoms with Crippen LogP contribution in [-0.2, 0) is 4.79 Å². The second-order valence-electron chi connectivity index (χ2n) is 7.81. The minimum atomic E-state index is -0.0421. The molecule has 2 aliphatic rings. The van der Waals surface area contributed by atoms with E-state index in [0.717, 1.165) is 54.4 Å². The lowest BCUT2D eigenvalue weighted by atomic mass is 9.95. The zero-order valence-electron chi connectivity index (χ0n) is 17.8. The van der Waals surface area contributed by atoms with Gasteiger partial charge in [-0.3, -0.25) is 4.79 Å². The first-order valence-corrected chi connectivity index (χ1v) is 10.6. The maximum absolute atomic E-state index is 12.8. The summed E-state index contributed by atoms with van der Waals surface area (Å²) in [5.74, 6) is 3.04. The third-order valence-electron chi connectivity index (χ3n) is 5.87. The van der Waals surface area contributed by atoms with Gasteiger partial charge in [-0.1, -0.05) is 0 Å². The van der Waals surface area contributed by atoms with Gasteiger partial charge in [-0.25, -0.2) is 9.97 Å². The van der Waals surface area contributed by atoms with Crippen molar-refractivity contribution in [3.8, 4) is 28.5 Å². The summed E-state index contributed by atoms with van der Waals surface area (Å²) in [6.07, 6.45) is 3.11. The molecule has 2 aromatic carbocycles. The molecule has 1 amide bonds. The Kier molecular flexibility index (Phi) is 5.49. The second kappa shape index (κ2) is 8.74. The van der Waals surface area contributed by atoms with E-state index in [2.05, 4.69) is 20.2 Å². The predicted molar refractivity (Wildman–Crippen MR) is 120 cm³/mol. The van der Waals surface area contributed by atoms with Gasteiger partial charge in [-0.2, -0.15) is 0 Å². The molecule has 1 saturated heterocycles. The predicted octanol–water partition coefficient (Wildman–Crippen LogP) is 3.74. The van der Waals surface area contributed by atoms with Gasteiger partial charge in [-0.05, 0) is 49.2 Å². The summed E-state index contributed by atoms with van der Waals surface area (Å²) in [7, 11) is 1.65. The first-order chi connectivity index (χ1) is 15.7. The molecular formula is C24H24N4O4. The summed E-state index contributed by atoms with van der Waals surface area (Å²) in [5.41, 5.74) is 2.59. The van der Waals surface area contributed by atoms with E-state index < -0.39 is 0 Å². The van der Waals surface area contributed by atoms with E-state index in [1.54, 1.807) is 19.5 Å². The molecule has 3 heterocycles. The molecule has 8 nitrogen and oxygen atoms in total. The van der Waals surface area contributed by atoms with Crippen LogP contribution in [0.2, 0.25) is 0 Å². The molecule has 0 saturated carbocycles. The molecule has 0 aliphatic carbocycles. The Morgan fingerprint density at radius 2 is 1.81 bits per heavy atom. The minimum Gasteiger partial charge on any atom is -0.497 e. The first-order valence-electron chi connectivity index (χ1n) is 10.6. The lowest BCUT2D eigenvalue weighted by molar-refractivity contribution is -0.120. The van der Waals surface area contributed by atoms with Gasteiger partial charge in [0.05, 0.1) is 12.8 Å². The number of nitrogens with one attached hydrogen (secondary N) is 1. The average molecular weight is 432 g/mol. The molecule has 8 heteroatoms. The molecular weight excluding hydrogens is 408 g/mol. The van der Waals surface area contributed by atoms with Gasteiger partial charge in [0.2, 0.25) is 12.7 Å². The Morgan fingerprint density at radius 1 is 1.03 bits per heavy atom. The smallest absolute Gasteiger partial charge is 0.231 e. The van der Waals surface area contributed by atoms with E-state index in [1.807, 2.05) is 42.5 Å². The summed E-state index contributed by atoms with van der Waals surface area (Å²) in [6, 6.07) is 15.3. The van der Waals surface area contributed by atoms with Crippen molar-refractivity contribution in [1.82, 2.24) is 9.97 Å². The second-order valence-corrected chi connectivity index (χ2v) is 7.81. The van der Waals surface area contributed by atoms with Gasteiger partial charge >= 0.3 is 0 Å². The molecule has 32 heavy (non-hydrogen) atoms. The summed E-state index contributed by atoms with van der Waals surface area (Å²) in [4.78, 5) is 23.8. The lowest BCUT2D eigenvalue weighted by Gasteiger charge is -2.32. The summed E-state index contributed by atoms with van der Waals surface area (Å²) < 4.78 is 15.9. The Hall–Kier alpha value is -3.81. The van der Waals surface area contributed by atoms with Crippen molar-refractivity contribution < 1.29 is 19.0 Å². The van der Waals surface area contributed by atoms with E-state index in [-0.39, 0.29) is 18.6 Å². The average Bonchev–Trinajstić information content (AvgIpc) is 3.32. The zero-order chi connectivity index (χ0) is 21.9. The molecule has 0 radical (unpaired) electrons. The van der Waals surface area contributed by atoms with Crippen molar-refractivity contribution in [3.05, 3.63) is 54.9 Å². The fourth-order valence-corrected chi connectivity index (χ4v) is 4.03. The van der Waals surface area contributed by atoms with Gasteiger partial charge in [0, 0.05) is 42.4 Å². The van der Waals surface area contributed by atoms with Crippen LogP contribution < -0.4 is 24.4 Å². The van der Waals surface area contributed by atoms with Gasteiger partial charge < -0.3 is 24.4 Å². The van der Waals surface area contributed by atoms with Crippen molar-refractivity contribution in [2.45, 2.75) is 12.8 Å². The van der Waals surface area contributed by atoms with Crippen molar-refractivity contribution in [2.24, 2.45) is 5.92 Å². The number of hydrogen-bond acceptors (Lipinski definition) is 7. The number of fused-ring (bicyclic) bond motifs is 1. The highest BCUT2D eigenvalue weighted by Gasteiger charge is 2.26. The number of benzene rings is 2. The largest absolute Gasteiger partial charge is 0.497 e. The maximum atomic E-state index is 12.8. The number of rotatable bonds is 5. The molecule has 164 valence electrons. The van der Waals surface area contributed by atoms with Crippen LogP contribution in [0.25, 0.3) is 11.3 Å². The lowest BCUT2D eigenvalue weighted by Crippen LogP contribution is -2.38. The van der Waals surface area contributed by atoms with E-state index >= 15 is 0 Å². The number of hydrogen-bond donors (Lipinski definition) is 1. The molecule has 1 aromatic heterocycles. The van der Waals surface area contributed by atoms with Gasteiger partial charge in [0.15, 0.2) is 11.5 Å². The van der Waals surface area contributed by atoms with E-state index in [9.17, 15) is 4.79 Å². The zero-order valence-corrected chi connectivity index (χ0v) is 17.8. The van der Waals surface area contributed by atoms with E-state index in [4.69, 9.17) is 14.2 Å². The number of anilines is 2. The van der Waals surface area contributed by atoms with Gasteiger partial charge in [0.25, 0.3) is 0 Å². The molecule has 1 N–H and O–H groups in total. The van der Waals surface area contributed by atoms with Crippen molar-refractivity contribution in [3.63, 3.8) is 0 Å². The number of nitrogens with zero attached hydrogens (tertiary/aromatic N) is 3.